The number of aryl methyl sites for hydroxylation is 2. The standard InChI is InChI=1S/C23H22N2O/c1-14-9-11-17-18-12-10-15(2)22(23(18)26-21(17)13-14)25-16(3)24(4)19-7-5-6-8-20(19)25/h5-13,16H,1-4H3/t16-/m0/s1. The molecule has 0 fully saturated rings. The Hall–Kier alpha value is -2.94. The van der Waals surface area contributed by atoms with E-state index in [1.807, 2.05) is 0 Å². The van der Waals surface area contributed by atoms with E-state index in [0.29, 0.717) is 0 Å². The predicted molar refractivity (Wildman–Crippen MR) is 110 cm³/mol. The molecule has 1 aliphatic heterocycles. The van der Waals surface area contributed by atoms with Gasteiger partial charge in [0.2, 0.25) is 0 Å². The van der Waals surface area contributed by atoms with Crippen LogP contribution in [0.5, 0.6) is 0 Å². The second-order valence-electron chi connectivity index (χ2n) is 7.31. The molecule has 5 rings (SSSR count). The number of anilines is 3. The summed E-state index contributed by atoms with van der Waals surface area (Å²) in [7, 11) is 2.15. The number of hydrogen-bond donors (Lipinski definition) is 0. The Morgan fingerprint density at radius 1 is 0.885 bits per heavy atom. The molecule has 0 N–H and O–H groups in total. The summed E-state index contributed by atoms with van der Waals surface area (Å²) < 4.78 is 6.40. The first-order valence-corrected chi connectivity index (χ1v) is 9.10. The van der Waals surface area contributed by atoms with Crippen molar-refractivity contribution in [1.82, 2.24) is 0 Å². The summed E-state index contributed by atoms with van der Waals surface area (Å²) in [6, 6.07) is 19.4. The third kappa shape index (κ3) is 1.94. The van der Waals surface area contributed by atoms with E-state index in [9.17, 15) is 0 Å². The van der Waals surface area contributed by atoms with Gasteiger partial charge in [0.25, 0.3) is 0 Å². The maximum Gasteiger partial charge on any atom is 0.159 e. The van der Waals surface area contributed by atoms with Crippen LogP contribution in [-0.2, 0) is 0 Å². The lowest BCUT2D eigenvalue weighted by Crippen LogP contribution is -2.36. The maximum atomic E-state index is 6.40. The van der Waals surface area contributed by atoms with Crippen molar-refractivity contribution in [1.29, 1.82) is 0 Å². The lowest BCUT2D eigenvalue weighted by molar-refractivity contribution is 0.661. The van der Waals surface area contributed by atoms with Gasteiger partial charge in [-0.3, -0.25) is 0 Å². The van der Waals surface area contributed by atoms with Crippen LogP contribution in [0.2, 0.25) is 0 Å². The van der Waals surface area contributed by atoms with Crippen LogP contribution in [0.15, 0.2) is 59.0 Å². The fourth-order valence-electron chi connectivity index (χ4n) is 4.18. The molecule has 1 aliphatic rings. The Morgan fingerprint density at radius 3 is 2.42 bits per heavy atom. The number of para-hydroxylation sites is 2. The van der Waals surface area contributed by atoms with E-state index in [4.69, 9.17) is 4.42 Å². The predicted octanol–water partition coefficient (Wildman–Crippen LogP) is 6.14. The Kier molecular flexibility index (Phi) is 3.11. The fraction of sp³-hybridized carbons (Fsp3) is 0.217. The highest BCUT2D eigenvalue weighted by atomic mass is 16.3. The summed E-state index contributed by atoms with van der Waals surface area (Å²) >= 11 is 0. The largest absolute Gasteiger partial charge is 0.454 e. The SMILES string of the molecule is Cc1ccc2c(c1)oc1c(N3c4ccccc4N(C)[C@@H]3C)c(C)ccc12. The smallest absolute Gasteiger partial charge is 0.159 e. The molecular formula is C23H22N2O. The third-order valence-corrected chi connectivity index (χ3v) is 5.67. The van der Waals surface area contributed by atoms with Crippen molar-refractivity contribution in [2.75, 3.05) is 16.8 Å². The number of hydrogen-bond acceptors (Lipinski definition) is 3. The van der Waals surface area contributed by atoms with Crippen molar-refractivity contribution in [3.05, 3.63) is 65.7 Å². The van der Waals surface area contributed by atoms with Crippen LogP contribution in [0.3, 0.4) is 0 Å². The first kappa shape index (κ1) is 15.3. The van der Waals surface area contributed by atoms with Crippen LogP contribution in [0.1, 0.15) is 18.1 Å². The van der Waals surface area contributed by atoms with Crippen LogP contribution in [0.4, 0.5) is 17.1 Å². The number of furan rings is 1. The van der Waals surface area contributed by atoms with Gasteiger partial charge in [-0.2, -0.15) is 0 Å². The van der Waals surface area contributed by atoms with E-state index in [1.54, 1.807) is 0 Å². The summed E-state index contributed by atoms with van der Waals surface area (Å²) in [6.07, 6.45) is 0.228. The second-order valence-corrected chi connectivity index (χ2v) is 7.31. The van der Waals surface area contributed by atoms with Gasteiger partial charge in [0.1, 0.15) is 11.7 Å². The molecule has 0 radical (unpaired) electrons. The molecule has 130 valence electrons. The molecule has 0 unspecified atom stereocenters. The average Bonchev–Trinajstić information content (AvgIpc) is 3.11. The Morgan fingerprint density at radius 2 is 1.62 bits per heavy atom. The molecule has 2 heterocycles. The van der Waals surface area contributed by atoms with Gasteiger partial charge in [-0.05, 0) is 50.1 Å². The van der Waals surface area contributed by atoms with Crippen LogP contribution < -0.4 is 9.80 Å². The molecule has 0 spiro atoms. The fourth-order valence-corrected chi connectivity index (χ4v) is 4.18. The summed E-state index contributed by atoms with van der Waals surface area (Å²) in [5.41, 5.74) is 8.03. The zero-order chi connectivity index (χ0) is 18.0. The zero-order valence-corrected chi connectivity index (χ0v) is 15.6. The summed E-state index contributed by atoms with van der Waals surface area (Å²) in [6.45, 7) is 6.51. The first-order valence-electron chi connectivity index (χ1n) is 9.10. The molecule has 26 heavy (non-hydrogen) atoms. The average molecular weight is 342 g/mol. The molecule has 3 aromatic carbocycles. The zero-order valence-electron chi connectivity index (χ0n) is 15.6. The number of rotatable bonds is 1. The summed E-state index contributed by atoms with van der Waals surface area (Å²) in [5.74, 6) is 0. The van der Waals surface area contributed by atoms with Gasteiger partial charge in [-0.1, -0.05) is 36.4 Å². The van der Waals surface area contributed by atoms with Gasteiger partial charge in [0.15, 0.2) is 5.58 Å². The van der Waals surface area contributed by atoms with E-state index < -0.39 is 0 Å². The van der Waals surface area contributed by atoms with Gasteiger partial charge in [-0.15, -0.1) is 0 Å². The van der Waals surface area contributed by atoms with Gasteiger partial charge in [-0.25, -0.2) is 0 Å². The second kappa shape index (κ2) is 5.28. The topological polar surface area (TPSA) is 19.6 Å². The molecule has 3 nitrogen and oxygen atoms in total. The maximum absolute atomic E-state index is 6.40. The Labute approximate surface area is 153 Å². The summed E-state index contributed by atoms with van der Waals surface area (Å²) in [4.78, 5) is 4.72. The molecule has 0 aliphatic carbocycles. The molecule has 0 saturated carbocycles. The highest BCUT2D eigenvalue weighted by molar-refractivity contribution is 6.10. The minimum atomic E-state index is 0.228. The summed E-state index contributed by atoms with van der Waals surface area (Å²) in [5, 5.41) is 2.36. The van der Waals surface area contributed by atoms with E-state index in [0.717, 1.165) is 11.2 Å². The molecular weight excluding hydrogens is 320 g/mol. The van der Waals surface area contributed by atoms with Gasteiger partial charge in [0, 0.05) is 17.8 Å². The number of benzene rings is 3. The van der Waals surface area contributed by atoms with E-state index in [-0.39, 0.29) is 6.17 Å². The number of fused-ring (bicyclic) bond motifs is 4. The highest BCUT2D eigenvalue weighted by Gasteiger charge is 2.33. The molecule has 0 amide bonds. The monoisotopic (exact) mass is 342 g/mol. The van der Waals surface area contributed by atoms with Gasteiger partial charge >= 0.3 is 0 Å². The minimum Gasteiger partial charge on any atom is -0.454 e. The van der Waals surface area contributed by atoms with Crippen molar-refractivity contribution in [2.45, 2.75) is 26.9 Å². The van der Waals surface area contributed by atoms with E-state index in [2.05, 4.69) is 92.2 Å². The highest BCUT2D eigenvalue weighted by Crippen LogP contribution is 2.47. The molecule has 0 saturated heterocycles. The Bertz CT molecular complexity index is 1160. The van der Waals surface area contributed by atoms with Crippen molar-refractivity contribution >= 4 is 39.0 Å². The van der Waals surface area contributed by atoms with Gasteiger partial charge in [0.05, 0.1) is 17.1 Å². The number of nitrogens with zero attached hydrogens (tertiary/aromatic N) is 2. The van der Waals surface area contributed by atoms with Crippen LogP contribution in [0.25, 0.3) is 21.9 Å². The van der Waals surface area contributed by atoms with Crippen molar-refractivity contribution < 1.29 is 4.42 Å². The van der Waals surface area contributed by atoms with Gasteiger partial charge < -0.3 is 14.2 Å². The quantitative estimate of drug-likeness (QED) is 0.414. The first-order chi connectivity index (χ1) is 12.6. The normalized spacial score (nSPS) is 16.7. The molecule has 1 atom stereocenters. The van der Waals surface area contributed by atoms with Crippen molar-refractivity contribution in [3.63, 3.8) is 0 Å². The van der Waals surface area contributed by atoms with Crippen molar-refractivity contribution in [3.8, 4) is 0 Å². The lowest BCUT2D eigenvalue weighted by atomic mass is 10.1. The molecule has 3 heteroatoms. The van der Waals surface area contributed by atoms with E-state index in [1.165, 1.54) is 39.0 Å². The van der Waals surface area contributed by atoms with Crippen molar-refractivity contribution in [2.24, 2.45) is 0 Å². The van der Waals surface area contributed by atoms with Crippen LogP contribution >= 0.6 is 0 Å². The third-order valence-electron chi connectivity index (χ3n) is 5.67. The Balaban J connectivity index is 1.84. The lowest BCUT2D eigenvalue weighted by Gasteiger charge is -2.29. The van der Waals surface area contributed by atoms with Crippen LogP contribution in [0, 0.1) is 13.8 Å². The molecule has 0 bridgehead atoms. The molecule has 4 aromatic rings. The van der Waals surface area contributed by atoms with E-state index >= 15 is 0 Å². The van der Waals surface area contributed by atoms with Crippen LogP contribution in [-0.4, -0.2) is 13.2 Å². The minimum absolute atomic E-state index is 0.228. The molecule has 1 aromatic heterocycles.